The van der Waals surface area contributed by atoms with Gasteiger partial charge in [0.25, 0.3) is 0 Å². The Morgan fingerprint density at radius 3 is 2.47 bits per heavy atom. The molecule has 4 heteroatoms. The van der Waals surface area contributed by atoms with Crippen LogP contribution < -0.4 is 4.74 Å². The van der Waals surface area contributed by atoms with Crippen molar-refractivity contribution in [2.24, 2.45) is 0 Å². The van der Waals surface area contributed by atoms with Crippen LogP contribution in [0.2, 0.25) is 10.0 Å². The van der Waals surface area contributed by atoms with Crippen molar-refractivity contribution >= 4 is 34.8 Å². The summed E-state index contributed by atoms with van der Waals surface area (Å²) in [5, 5.41) is 1.09. The monoisotopic (exact) mass is 286 g/mol. The Bertz CT molecular complexity index is 526. The molecule has 0 N–H and O–H groups in total. The maximum atomic E-state index is 6.03. The van der Waals surface area contributed by atoms with Gasteiger partial charge in [0.05, 0.1) is 10.9 Å². The van der Waals surface area contributed by atoms with Gasteiger partial charge >= 0.3 is 0 Å². The molecule has 0 unspecified atom stereocenters. The van der Waals surface area contributed by atoms with E-state index in [1.807, 2.05) is 24.3 Å². The van der Waals surface area contributed by atoms with E-state index in [9.17, 15) is 0 Å². The van der Waals surface area contributed by atoms with Crippen LogP contribution in [-0.2, 0) is 5.88 Å². The lowest BCUT2D eigenvalue weighted by atomic mass is 10.2. The molecule has 0 bridgehead atoms. The molecule has 0 saturated heterocycles. The topological polar surface area (TPSA) is 9.23 Å². The SMILES string of the molecule is ClCc1ccccc1Oc1cc(Cl)ccc1Cl. The zero-order valence-corrected chi connectivity index (χ0v) is 11.1. The third kappa shape index (κ3) is 3.06. The van der Waals surface area contributed by atoms with Crippen LogP contribution in [0.3, 0.4) is 0 Å². The first-order valence-electron chi connectivity index (χ1n) is 4.97. The highest BCUT2D eigenvalue weighted by Crippen LogP contribution is 2.33. The Morgan fingerprint density at radius 1 is 0.941 bits per heavy atom. The van der Waals surface area contributed by atoms with Crippen molar-refractivity contribution in [3.05, 3.63) is 58.1 Å². The van der Waals surface area contributed by atoms with E-state index in [1.54, 1.807) is 18.2 Å². The van der Waals surface area contributed by atoms with Gasteiger partial charge < -0.3 is 4.74 Å². The number of halogens is 3. The van der Waals surface area contributed by atoms with E-state index in [0.29, 0.717) is 27.4 Å². The van der Waals surface area contributed by atoms with Crippen LogP contribution >= 0.6 is 34.8 Å². The van der Waals surface area contributed by atoms with Gasteiger partial charge in [-0.1, -0.05) is 41.4 Å². The molecule has 0 radical (unpaired) electrons. The second-order valence-corrected chi connectivity index (χ2v) is 4.53. The molecule has 0 amide bonds. The molecule has 2 rings (SSSR count). The number of hydrogen-bond donors (Lipinski definition) is 0. The Balaban J connectivity index is 2.34. The van der Waals surface area contributed by atoms with Crippen molar-refractivity contribution in [3.63, 3.8) is 0 Å². The maximum absolute atomic E-state index is 6.03. The van der Waals surface area contributed by atoms with Gasteiger partial charge in [-0.15, -0.1) is 11.6 Å². The van der Waals surface area contributed by atoms with Crippen molar-refractivity contribution in [1.82, 2.24) is 0 Å². The van der Waals surface area contributed by atoms with Crippen molar-refractivity contribution < 1.29 is 4.74 Å². The van der Waals surface area contributed by atoms with Gasteiger partial charge in [0.1, 0.15) is 11.5 Å². The molecule has 0 saturated carbocycles. The average Bonchev–Trinajstić information content (AvgIpc) is 2.34. The molecule has 88 valence electrons. The van der Waals surface area contributed by atoms with E-state index in [1.165, 1.54) is 0 Å². The lowest BCUT2D eigenvalue weighted by Crippen LogP contribution is -1.89. The number of ether oxygens (including phenoxy) is 1. The molecule has 0 spiro atoms. The summed E-state index contributed by atoms with van der Waals surface area (Å²) < 4.78 is 5.71. The molecule has 1 nitrogen and oxygen atoms in total. The van der Waals surface area contributed by atoms with E-state index >= 15 is 0 Å². The summed E-state index contributed by atoms with van der Waals surface area (Å²) in [5.74, 6) is 1.59. The molecule has 0 aliphatic heterocycles. The van der Waals surface area contributed by atoms with Gasteiger partial charge in [0.15, 0.2) is 0 Å². The standard InChI is InChI=1S/C13H9Cl3O/c14-8-9-3-1-2-4-12(9)17-13-7-10(15)5-6-11(13)16/h1-7H,8H2. The smallest absolute Gasteiger partial charge is 0.147 e. The first kappa shape index (κ1) is 12.6. The van der Waals surface area contributed by atoms with Crippen molar-refractivity contribution in [1.29, 1.82) is 0 Å². The molecular formula is C13H9Cl3O. The molecule has 0 heterocycles. The Kier molecular flexibility index (Phi) is 4.16. The third-order valence-corrected chi connectivity index (χ3v) is 3.07. The second-order valence-electron chi connectivity index (χ2n) is 3.42. The van der Waals surface area contributed by atoms with Gasteiger partial charge in [-0.05, 0) is 18.2 Å². The van der Waals surface area contributed by atoms with Crippen molar-refractivity contribution in [2.75, 3.05) is 0 Å². The summed E-state index contributed by atoms with van der Waals surface area (Å²) in [6, 6.07) is 12.6. The summed E-state index contributed by atoms with van der Waals surface area (Å²) in [4.78, 5) is 0. The first-order valence-corrected chi connectivity index (χ1v) is 6.26. The highest BCUT2D eigenvalue weighted by atomic mass is 35.5. The number of benzene rings is 2. The van der Waals surface area contributed by atoms with Gasteiger partial charge in [-0.25, -0.2) is 0 Å². The predicted molar refractivity (Wildman–Crippen MR) is 72.5 cm³/mol. The number of hydrogen-bond acceptors (Lipinski definition) is 1. The molecule has 2 aromatic rings. The molecule has 17 heavy (non-hydrogen) atoms. The van der Waals surface area contributed by atoms with Crippen LogP contribution in [0.4, 0.5) is 0 Å². The average molecular weight is 288 g/mol. The van der Waals surface area contributed by atoms with E-state index < -0.39 is 0 Å². The maximum Gasteiger partial charge on any atom is 0.147 e. The summed E-state index contributed by atoms with van der Waals surface area (Å²) >= 11 is 17.7. The van der Waals surface area contributed by atoms with Gasteiger partial charge in [-0.3, -0.25) is 0 Å². The lowest BCUT2D eigenvalue weighted by Gasteiger charge is -2.10. The van der Waals surface area contributed by atoms with Crippen LogP contribution in [-0.4, -0.2) is 0 Å². The fourth-order valence-corrected chi connectivity index (χ4v) is 1.93. The van der Waals surface area contributed by atoms with Crippen LogP contribution in [0.25, 0.3) is 0 Å². The third-order valence-electron chi connectivity index (χ3n) is 2.23. The quantitative estimate of drug-likeness (QED) is 0.675. The highest BCUT2D eigenvalue weighted by Gasteiger charge is 2.07. The molecule has 0 aliphatic rings. The Morgan fingerprint density at radius 2 is 1.71 bits per heavy atom. The number of rotatable bonds is 3. The molecule has 0 aliphatic carbocycles. The minimum atomic E-state index is 0.383. The zero-order valence-electron chi connectivity index (χ0n) is 8.79. The Hall–Kier alpha value is -0.890. The molecule has 2 aromatic carbocycles. The van der Waals surface area contributed by atoms with Gasteiger partial charge in [0, 0.05) is 16.7 Å². The number of alkyl halides is 1. The van der Waals surface area contributed by atoms with Crippen molar-refractivity contribution in [2.45, 2.75) is 5.88 Å². The molecule has 0 aromatic heterocycles. The van der Waals surface area contributed by atoms with E-state index in [-0.39, 0.29) is 0 Å². The Labute approximate surface area is 115 Å². The fourth-order valence-electron chi connectivity index (χ4n) is 1.39. The lowest BCUT2D eigenvalue weighted by molar-refractivity contribution is 0.478. The van der Waals surface area contributed by atoms with E-state index in [4.69, 9.17) is 39.5 Å². The first-order chi connectivity index (χ1) is 8.20. The molecular weight excluding hydrogens is 279 g/mol. The molecule has 0 fully saturated rings. The van der Waals surface area contributed by atoms with E-state index in [0.717, 1.165) is 5.56 Å². The van der Waals surface area contributed by atoms with Crippen LogP contribution in [0.1, 0.15) is 5.56 Å². The van der Waals surface area contributed by atoms with Gasteiger partial charge in [-0.2, -0.15) is 0 Å². The molecule has 0 atom stereocenters. The summed E-state index contributed by atoms with van der Waals surface area (Å²) in [6.45, 7) is 0. The largest absolute Gasteiger partial charge is 0.455 e. The van der Waals surface area contributed by atoms with Crippen molar-refractivity contribution in [3.8, 4) is 11.5 Å². The minimum absolute atomic E-state index is 0.383. The summed E-state index contributed by atoms with van der Waals surface area (Å²) in [5.41, 5.74) is 0.908. The van der Waals surface area contributed by atoms with Gasteiger partial charge in [0.2, 0.25) is 0 Å². The summed E-state index contributed by atoms with van der Waals surface area (Å²) in [6.07, 6.45) is 0. The highest BCUT2D eigenvalue weighted by molar-refractivity contribution is 6.34. The number of para-hydroxylation sites is 1. The zero-order chi connectivity index (χ0) is 12.3. The van der Waals surface area contributed by atoms with E-state index in [2.05, 4.69) is 0 Å². The predicted octanol–water partition coefficient (Wildman–Crippen LogP) is 5.52. The summed E-state index contributed by atoms with van der Waals surface area (Å²) in [7, 11) is 0. The van der Waals surface area contributed by atoms with Crippen LogP contribution in [0, 0.1) is 0 Å². The normalized spacial score (nSPS) is 10.3. The van der Waals surface area contributed by atoms with Crippen LogP contribution in [0.15, 0.2) is 42.5 Å². The fraction of sp³-hybridized carbons (Fsp3) is 0.0769. The second kappa shape index (κ2) is 5.63. The minimum Gasteiger partial charge on any atom is -0.455 e. The van der Waals surface area contributed by atoms with Crippen LogP contribution in [0.5, 0.6) is 11.5 Å².